The highest BCUT2D eigenvalue weighted by Crippen LogP contribution is 2.24. The molecule has 92 valence electrons. The Hall–Kier alpha value is -1.55. The average Bonchev–Trinajstić information content (AvgIpc) is 2.33. The number of nitrogens with two attached hydrogens (primary N) is 1. The van der Waals surface area contributed by atoms with Crippen molar-refractivity contribution < 1.29 is 9.53 Å². The van der Waals surface area contributed by atoms with E-state index >= 15 is 0 Å². The van der Waals surface area contributed by atoms with Gasteiger partial charge in [0, 0.05) is 18.2 Å². The van der Waals surface area contributed by atoms with E-state index in [4.69, 9.17) is 10.5 Å². The minimum Gasteiger partial charge on any atom is -0.497 e. The van der Waals surface area contributed by atoms with Gasteiger partial charge >= 0.3 is 0 Å². The molecule has 1 aliphatic carbocycles. The van der Waals surface area contributed by atoms with Crippen LogP contribution >= 0.6 is 0 Å². The quantitative estimate of drug-likeness (QED) is 0.821. The van der Waals surface area contributed by atoms with Crippen LogP contribution in [0.2, 0.25) is 0 Å². The molecule has 1 fully saturated rings. The van der Waals surface area contributed by atoms with Crippen molar-refractivity contribution in [3.8, 4) is 5.75 Å². The van der Waals surface area contributed by atoms with E-state index in [0.29, 0.717) is 29.8 Å². The van der Waals surface area contributed by atoms with Crippen molar-refractivity contribution >= 4 is 5.91 Å². The first-order valence-electron chi connectivity index (χ1n) is 5.87. The summed E-state index contributed by atoms with van der Waals surface area (Å²) in [5.74, 6) is 1.19. The molecule has 0 aliphatic heterocycles. The molecule has 0 radical (unpaired) electrons. The predicted molar refractivity (Wildman–Crippen MR) is 66.0 cm³/mol. The van der Waals surface area contributed by atoms with E-state index in [2.05, 4.69) is 5.32 Å². The first-order chi connectivity index (χ1) is 8.19. The average molecular weight is 234 g/mol. The topological polar surface area (TPSA) is 64.3 Å². The van der Waals surface area contributed by atoms with Crippen molar-refractivity contribution in [2.24, 2.45) is 11.7 Å². The van der Waals surface area contributed by atoms with Crippen molar-refractivity contribution in [3.05, 3.63) is 29.8 Å². The van der Waals surface area contributed by atoms with Gasteiger partial charge < -0.3 is 15.8 Å². The van der Waals surface area contributed by atoms with Gasteiger partial charge in [0.15, 0.2) is 0 Å². The molecule has 17 heavy (non-hydrogen) atoms. The number of hydrogen-bond acceptors (Lipinski definition) is 3. The van der Waals surface area contributed by atoms with Crippen LogP contribution in [-0.4, -0.2) is 25.6 Å². The summed E-state index contributed by atoms with van der Waals surface area (Å²) in [6, 6.07) is 7.48. The van der Waals surface area contributed by atoms with Gasteiger partial charge in [-0.15, -0.1) is 0 Å². The number of nitrogens with one attached hydrogen (secondary N) is 1. The standard InChI is InChI=1S/C13H18N2O2/c1-17-12-4-2-3-10(7-12)13(16)15-8-9-5-11(14)6-9/h2-4,7,9,11H,5-6,8,14H2,1H3,(H,15,16). The molecule has 0 heterocycles. The molecule has 2 rings (SSSR count). The van der Waals surface area contributed by atoms with Gasteiger partial charge in [0.2, 0.25) is 0 Å². The summed E-state index contributed by atoms with van der Waals surface area (Å²) in [6.07, 6.45) is 2.02. The third-order valence-electron chi connectivity index (χ3n) is 3.16. The second-order valence-electron chi connectivity index (χ2n) is 4.54. The van der Waals surface area contributed by atoms with Gasteiger partial charge in [-0.3, -0.25) is 4.79 Å². The molecule has 0 unspecified atom stereocenters. The SMILES string of the molecule is COc1cccc(C(=O)NCC2CC(N)C2)c1. The van der Waals surface area contributed by atoms with E-state index in [-0.39, 0.29) is 5.91 Å². The Kier molecular flexibility index (Phi) is 3.64. The van der Waals surface area contributed by atoms with Crippen LogP contribution in [0, 0.1) is 5.92 Å². The van der Waals surface area contributed by atoms with E-state index in [1.54, 1.807) is 19.2 Å². The molecule has 4 heteroatoms. The number of carbonyl (C=O) groups excluding carboxylic acids is 1. The van der Waals surface area contributed by atoms with Crippen molar-refractivity contribution in [2.45, 2.75) is 18.9 Å². The zero-order valence-electron chi connectivity index (χ0n) is 9.98. The van der Waals surface area contributed by atoms with Crippen molar-refractivity contribution in [3.63, 3.8) is 0 Å². The van der Waals surface area contributed by atoms with Crippen molar-refractivity contribution in [1.29, 1.82) is 0 Å². The van der Waals surface area contributed by atoms with Crippen LogP contribution in [0.4, 0.5) is 0 Å². The van der Waals surface area contributed by atoms with E-state index in [9.17, 15) is 4.79 Å². The van der Waals surface area contributed by atoms with Gasteiger partial charge in [0.05, 0.1) is 7.11 Å². The number of amides is 1. The van der Waals surface area contributed by atoms with Crippen LogP contribution in [0.25, 0.3) is 0 Å². The first-order valence-corrected chi connectivity index (χ1v) is 5.87. The molecule has 4 nitrogen and oxygen atoms in total. The maximum Gasteiger partial charge on any atom is 0.251 e. The third kappa shape index (κ3) is 2.97. The fourth-order valence-electron chi connectivity index (χ4n) is 2.06. The molecule has 1 aliphatic rings. The fraction of sp³-hybridized carbons (Fsp3) is 0.462. The second-order valence-corrected chi connectivity index (χ2v) is 4.54. The van der Waals surface area contributed by atoms with Gasteiger partial charge in [-0.05, 0) is 37.0 Å². The van der Waals surface area contributed by atoms with Gasteiger partial charge in [-0.1, -0.05) is 6.07 Å². The summed E-state index contributed by atoms with van der Waals surface area (Å²) >= 11 is 0. The van der Waals surface area contributed by atoms with Crippen LogP contribution in [0.5, 0.6) is 5.75 Å². The first kappa shape index (κ1) is 11.9. The molecule has 0 aromatic heterocycles. The van der Waals surface area contributed by atoms with Crippen LogP contribution in [0.15, 0.2) is 24.3 Å². The lowest BCUT2D eigenvalue weighted by molar-refractivity contribution is 0.0935. The van der Waals surface area contributed by atoms with Gasteiger partial charge in [-0.2, -0.15) is 0 Å². The molecule has 0 atom stereocenters. The summed E-state index contributed by atoms with van der Waals surface area (Å²) in [7, 11) is 1.59. The lowest BCUT2D eigenvalue weighted by Gasteiger charge is -2.32. The molecule has 1 amide bonds. The molecular formula is C13H18N2O2. The zero-order chi connectivity index (χ0) is 12.3. The predicted octanol–water partition coefficient (Wildman–Crippen LogP) is 1.16. The van der Waals surface area contributed by atoms with Crippen LogP contribution in [0.1, 0.15) is 23.2 Å². The third-order valence-corrected chi connectivity index (χ3v) is 3.16. The summed E-state index contributed by atoms with van der Waals surface area (Å²) in [5, 5.41) is 2.92. The lowest BCUT2D eigenvalue weighted by Crippen LogP contribution is -2.42. The van der Waals surface area contributed by atoms with Crippen LogP contribution < -0.4 is 15.8 Å². The number of hydrogen-bond donors (Lipinski definition) is 2. The lowest BCUT2D eigenvalue weighted by atomic mass is 9.81. The number of carbonyl (C=O) groups is 1. The molecule has 0 bridgehead atoms. The Morgan fingerprint density at radius 2 is 2.29 bits per heavy atom. The van der Waals surface area contributed by atoms with E-state index in [1.807, 2.05) is 12.1 Å². The highest BCUT2D eigenvalue weighted by Gasteiger charge is 2.25. The summed E-state index contributed by atoms with van der Waals surface area (Å²) < 4.78 is 5.08. The zero-order valence-corrected chi connectivity index (χ0v) is 9.98. The molecule has 3 N–H and O–H groups in total. The Labute approximate surface area is 101 Å². The van der Waals surface area contributed by atoms with Crippen LogP contribution in [0.3, 0.4) is 0 Å². The minimum absolute atomic E-state index is 0.0515. The number of benzene rings is 1. The van der Waals surface area contributed by atoms with Crippen LogP contribution in [-0.2, 0) is 0 Å². The van der Waals surface area contributed by atoms with Crippen molar-refractivity contribution in [2.75, 3.05) is 13.7 Å². The van der Waals surface area contributed by atoms with Gasteiger partial charge in [-0.25, -0.2) is 0 Å². The highest BCUT2D eigenvalue weighted by atomic mass is 16.5. The van der Waals surface area contributed by atoms with Gasteiger partial charge in [0.25, 0.3) is 5.91 Å². The van der Waals surface area contributed by atoms with E-state index < -0.39 is 0 Å². The Balaban J connectivity index is 1.86. The number of ether oxygens (including phenoxy) is 1. The number of rotatable bonds is 4. The molecule has 1 aromatic rings. The van der Waals surface area contributed by atoms with E-state index in [0.717, 1.165) is 12.8 Å². The molecule has 1 aromatic carbocycles. The highest BCUT2D eigenvalue weighted by molar-refractivity contribution is 5.94. The molecule has 0 saturated heterocycles. The summed E-state index contributed by atoms with van der Waals surface area (Å²) in [6.45, 7) is 0.712. The minimum atomic E-state index is -0.0515. The normalized spacial score (nSPS) is 22.7. The smallest absolute Gasteiger partial charge is 0.251 e. The Morgan fingerprint density at radius 1 is 1.53 bits per heavy atom. The van der Waals surface area contributed by atoms with Crippen molar-refractivity contribution in [1.82, 2.24) is 5.32 Å². The van der Waals surface area contributed by atoms with E-state index in [1.165, 1.54) is 0 Å². The second kappa shape index (κ2) is 5.19. The molecular weight excluding hydrogens is 216 g/mol. The molecule has 0 spiro atoms. The maximum atomic E-state index is 11.8. The fourth-order valence-corrected chi connectivity index (χ4v) is 2.06. The largest absolute Gasteiger partial charge is 0.497 e. The summed E-state index contributed by atoms with van der Waals surface area (Å²) in [5.41, 5.74) is 6.33. The Morgan fingerprint density at radius 3 is 2.94 bits per heavy atom. The maximum absolute atomic E-state index is 11.8. The number of methoxy groups -OCH3 is 1. The molecule has 1 saturated carbocycles. The van der Waals surface area contributed by atoms with Gasteiger partial charge in [0.1, 0.15) is 5.75 Å². The monoisotopic (exact) mass is 234 g/mol. The summed E-state index contributed by atoms with van der Waals surface area (Å²) in [4.78, 5) is 11.8. The Bertz CT molecular complexity index is 400.